The van der Waals surface area contributed by atoms with Crippen molar-refractivity contribution < 1.29 is 9.53 Å². The van der Waals surface area contributed by atoms with Crippen LogP contribution in [0.2, 0.25) is 0 Å². The zero-order valence-electron chi connectivity index (χ0n) is 14.6. The summed E-state index contributed by atoms with van der Waals surface area (Å²) in [7, 11) is 0. The quantitative estimate of drug-likeness (QED) is 0.634. The van der Waals surface area contributed by atoms with Gasteiger partial charge in [0.25, 0.3) is 5.56 Å². The van der Waals surface area contributed by atoms with Gasteiger partial charge in [0, 0.05) is 10.9 Å². The van der Waals surface area contributed by atoms with Crippen LogP contribution in [-0.4, -0.2) is 15.5 Å². The van der Waals surface area contributed by atoms with E-state index in [2.05, 4.69) is 4.98 Å². The van der Waals surface area contributed by atoms with Crippen LogP contribution in [0.25, 0.3) is 21.3 Å². The van der Waals surface area contributed by atoms with Gasteiger partial charge < -0.3 is 4.74 Å². The Morgan fingerprint density at radius 2 is 2.11 bits per heavy atom. The molecule has 1 aromatic carbocycles. The van der Waals surface area contributed by atoms with Crippen molar-refractivity contribution >= 4 is 27.5 Å². The van der Waals surface area contributed by atoms with Gasteiger partial charge in [-0.3, -0.25) is 14.2 Å². The first-order valence-corrected chi connectivity index (χ1v) is 9.67. The summed E-state index contributed by atoms with van der Waals surface area (Å²) in [5, 5.41) is 11.5. The Bertz CT molecular complexity index is 1090. The van der Waals surface area contributed by atoms with E-state index < -0.39 is 0 Å². The highest BCUT2D eigenvalue weighted by atomic mass is 32.1. The van der Waals surface area contributed by atoms with Crippen LogP contribution in [0.1, 0.15) is 25.1 Å². The van der Waals surface area contributed by atoms with Crippen molar-refractivity contribution in [3.63, 3.8) is 0 Å². The second-order valence-corrected chi connectivity index (χ2v) is 7.37. The van der Waals surface area contributed by atoms with E-state index in [1.54, 1.807) is 0 Å². The fourth-order valence-corrected chi connectivity index (χ4v) is 4.09. The number of carbonyl (C=O) groups is 1. The number of thiophene rings is 1. The van der Waals surface area contributed by atoms with Crippen molar-refractivity contribution in [2.45, 2.75) is 32.4 Å². The Morgan fingerprint density at radius 3 is 2.78 bits per heavy atom. The average Bonchev–Trinajstić information content (AvgIpc) is 3.06. The van der Waals surface area contributed by atoms with Crippen LogP contribution in [0.15, 0.2) is 40.5 Å². The molecule has 1 fully saturated rings. The minimum atomic E-state index is -0.281. The molecule has 27 heavy (non-hydrogen) atoms. The number of carbonyl (C=O) groups excluding carboxylic acids is 1. The van der Waals surface area contributed by atoms with Gasteiger partial charge in [-0.2, -0.15) is 5.26 Å². The Balaban J connectivity index is 1.74. The number of hydrogen-bond acceptors (Lipinski definition) is 6. The van der Waals surface area contributed by atoms with Crippen LogP contribution < -0.4 is 5.56 Å². The molecule has 1 aliphatic carbocycles. The molecule has 1 aliphatic rings. The Morgan fingerprint density at radius 1 is 1.33 bits per heavy atom. The van der Waals surface area contributed by atoms with Crippen LogP contribution in [0, 0.1) is 17.2 Å². The molecule has 136 valence electrons. The molecule has 1 saturated carbocycles. The van der Waals surface area contributed by atoms with E-state index in [1.807, 2.05) is 41.8 Å². The van der Waals surface area contributed by atoms with Crippen molar-refractivity contribution in [2.75, 3.05) is 0 Å². The van der Waals surface area contributed by atoms with E-state index in [0.29, 0.717) is 16.0 Å². The van der Waals surface area contributed by atoms with Crippen molar-refractivity contribution in [2.24, 2.45) is 5.92 Å². The molecule has 0 atom stereocenters. The molecule has 2 heterocycles. The van der Waals surface area contributed by atoms with Gasteiger partial charge in [-0.1, -0.05) is 36.8 Å². The number of aromatic nitrogens is 2. The monoisotopic (exact) mass is 379 g/mol. The highest BCUT2D eigenvalue weighted by Gasteiger charge is 2.27. The van der Waals surface area contributed by atoms with Crippen molar-refractivity contribution in [1.82, 2.24) is 9.55 Å². The molecule has 0 saturated heterocycles. The van der Waals surface area contributed by atoms with Crippen LogP contribution >= 0.6 is 11.3 Å². The molecule has 6 nitrogen and oxygen atoms in total. The lowest BCUT2D eigenvalue weighted by Gasteiger charge is -2.23. The number of nitrogens with zero attached hydrogens (tertiary/aromatic N) is 3. The first kappa shape index (κ1) is 17.4. The predicted octanol–water partition coefficient (Wildman–Crippen LogP) is 3.49. The third-order valence-corrected chi connectivity index (χ3v) is 5.74. The molecule has 0 unspecified atom stereocenters. The standard InChI is InChI=1S/C20H17N3O3S/c21-9-10-23-16(11-26-20(25)14-7-4-8-14)22-18-17(19(23)24)15(12-27-18)13-5-2-1-3-6-13/h1-3,5-6,12,14H,4,7-8,10-11H2. The normalized spacial score (nSPS) is 13.9. The van der Waals surface area contributed by atoms with E-state index in [0.717, 1.165) is 30.4 Å². The number of fused-ring (bicyclic) bond motifs is 1. The SMILES string of the molecule is N#CCn1c(COC(=O)C2CCC2)nc2scc(-c3ccccc3)c2c1=O. The molecule has 0 N–H and O–H groups in total. The third-order valence-electron chi connectivity index (χ3n) is 4.87. The second kappa shape index (κ2) is 7.33. The van der Waals surface area contributed by atoms with Crippen LogP contribution in [0.4, 0.5) is 0 Å². The lowest BCUT2D eigenvalue weighted by Crippen LogP contribution is -2.28. The molecule has 0 spiro atoms. The lowest BCUT2D eigenvalue weighted by molar-refractivity contribution is -0.153. The van der Waals surface area contributed by atoms with Crippen molar-refractivity contribution in [3.05, 3.63) is 51.9 Å². The maximum absolute atomic E-state index is 13.1. The molecule has 0 amide bonds. The fourth-order valence-electron chi connectivity index (χ4n) is 3.14. The van der Waals surface area contributed by atoms with Gasteiger partial charge in [0.05, 0.1) is 17.4 Å². The van der Waals surface area contributed by atoms with Gasteiger partial charge in [0.15, 0.2) is 5.82 Å². The molecule has 0 aliphatic heterocycles. The number of hydrogen-bond donors (Lipinski definition) is 0. The zero-order valence-corrected chi connectivity index (χ0v) is 15.4. The zero-order chi connectivity index (χ0) is 18.8. The number of benzene rings is 1. The van der Waals surface area contributed by atoms with Crippen LogP contribution in [0.3, 0.4) is 0 Å². The van der Waals surface area contributed by atoms with Gasteiger partial charge in [-0.15, -0.1) is 11.3 Å². The predicted molar refractivity (Wildman–Crippen MR) is 102 cm³/mol. The highest BCUT2D eigenvalue weighted by Crippen LogP contribution is 2.31. The van der Waals surface area contributed by atoms with Gasteiger partial charge >= 0.3 is 5.97 Å². The van der Waals surface area contributed by atoms with E-state index in [9.17, 15) is 9.59 Å². The smallest absolute Gasteiger partial charge is 0.309 e. The molecule has 3 aromatic rings. The summed E-state index contributed by atoms with van der Waals surface area (Å²) in [6.07, 6.45) is 2.74. The first-order chi connectivity index (χ1) is 13.2. The Hall–Kier alpha value is -2.98. The number of rotatable bonds is 5. The molecule has 0 bridgehead atoms. The summed E-state index contributed by atoms with van der Waals surface area (Å²) in [4.78, 5) is 30.2. The van der Waals surface area contributed by atoms with Crippen molar-refractivity contribution in [1.29, 1.82) is 5.26 Å². The largest absolute Gasteiger partial charge is 0.457 e. The molecule has 0 radical (unpaired) electrons. The number of esters is 1. The summed E-state index contributed by atoms with van der Waals surface area (Å²) in [5.74, 6) is 0.00901. The summed E-state index contributed by atoms with van der Waals surface area (Å²) < 4.78 is 6.65. The number of nitriles is 1. The minimum absolute atomic E-state index is 0.0451. The van der Waals surface area contributed by atoms with Crippen LogP contribution in [-0.2, 0) is 22.7 Å². The lowest BCUT2D eigenvalue weighted by atomic mass is 9.86. The van der Waals surface area contributed by atoms with Gasteiger partial charge in [0.1, 0.15) is 18.0 Å². The van der Waals surface area contributed by atoms with E-state index in [-0.39, 0.29) is 30.6 Å². The van der Waals surface area contributed by atoms with E-state index >= 15 is 0 Å². The molecular formula is C20H17N3O3S. The summed E-state index contributed by atoms with van der Waals surface area (Å²) in [6, 6.07) is 11.6. The first-order valence-electron chi connectivity index (χ1n) is 8.79. The molecule has 4 rings (SSSR count). The van der Waals surface area contributed by atoms with Gasteiger partial charge in [-0.05, 0) is 18.4 Å². The highest BCUT2D eigenvalue weighted by molar-refractivity contribution is 7.17. The Labute approximate surface area is 159 Å². The maximum atomic E-state index is 13.1. The molecule has 7 heteroatoms. The second-order valence-electron chi connectivity index (χ2n) is 6.51. The maximum Gasteiger partial charge on any atom is 0.309 e. The van der Waals surface area contributed by atoms with Gasteiger partial charge in [-0.25, -0.2) is 4.98 Å². The minimum Gasteiger partial charge on any atom is -0.457 e. The summed E-state index contributed by atoms with van der Waals surface area (Å²) in [6.45, 7) is -0.233. The van der Waals surface area contributed by atoms with Crippen molar-refractivity contribution in [3.8, 4) is 17.2 Å². The third kappa shape index (κ3) is 3.24. The summed E-state index contributed by atoms with van der Waals surface area (Å²) in [5.41, 5.74) is 1.45. The Kier molecular flexibility index (Phi) is 4.73. The van der Waals surface area contributed by atoms with Crippen LogP contribution in [0.5, 0.6) is 0 Å². The fraction of sp³-hybridized carbons (Fsp3) is 0.300. The van der Waals surface area contributed by atoms with E-state index in [4.69, 9.17) is 10.00 Å². The molecular weight excluding hydrogens is 362 g/mol. The summed E-state index contributed by atoms with van der Waals surface area (Å²) >= 11 is 1.37. The van der Waals surface area contributed by atoms with E-state index in [1.165, 1.54) is 15.9 Å². The topological polar surface area (TPSA) is 85.0 Å². The molecule has 2 aromatic heterocycles. The average molecular weight is 379 g/mol. The van der Waals surface area contributed by atoms with Gasteiger partial charge in [0.2, 0.25) is 0 Å². The number of ether oxygens (including phenoxy) is 1.